The number of aliphatic carboxylic acids is 1. The number of halogens is 1. The van der Waals surface area contributed by atoms with Crippen molar-refractivity contribution < 1.29 is 14.7 Å². The maximum Gasteiger partial charge on any atom is 0.334 e. The van der Waals surface area contributed by atoms with E-state index in [1.165, 1.54) is 6.92 Å². The average molecular weight is 340 g/mol. The lowest BCUT2D eigenvalue weighted by atomic mass is 9.85. The van der Waals surface area contributed by atoms with Crippen LogP contribution in [0.4, 0.5) is 0 Å². The molecule has 4 nitrogen and oxygen atoms in total. The van der Waals surface area contributed by atoms with Gasteiger partial charge in [-0.15, -0.1) is 0 Å². The van der Waals surface area contributed by atoms with Crippen LogP contribution in [0.1, 0.15) is 38.7 Å². The molecule has 2 rings (SSSR count). The lowest BCUT2D eigenvalue weighted by Crippen LogP contribution is -2.54. The summed E-state index contributed by atoms with van der Waals surface area (Å²) in [4.78, 5) is 25.6. The fourth-order valence-corrected chi connectivity index (χ4v) is 3.21. The molecule has 0 radical (unpaired) electrons. The second-order valence-corrected chi connectivity index (χ2v) is 6.07. The Balaban J connectivity index is 2.60. The Morgan fingerprint density at radius 2 is 2.10 bits per heavy atom. The Hall–Kier alpha value is -1.36. The fourth-order valence-electron chi connectivity index (χ4n) is 2.81. The van der Waals surface area contributed by atoms with Crippen LogP contribution >= 0.6 is 15.9 Å². The van der Waals surface area contributed by atoms with E-state index in [0.717, 1.165) is 17.3 Å². The second-order valence-electron chi connectivity index (χ2n) is 5.15. The first-order valence-electron chi connectivity index (χ1n) is 6.72. The standard InChI is InChI=1S/C15H18BrNO3/c1-3-15(14(19)20,11-5-4-6-12(16)9-11)17(10(2)18)13-7-8-13/h4-6,9,13H,3,7-8H2,1-2H3,(H,19,20). The summed E-state index contributed by atoms with van der Waals surface area (Å²) >= 11 is 3.38. The number of benzene rings is 1. The highest BCUT2D eigenvalue weighted by molar-refractivity contribution is 9.10. The van der Waals surface area contributed by atoms with Crippen molar-refractivity contribution in [1.82, 2.24) is 4.90 Å². The van der Waals surface area contributed by atoms with Crippen molar-refractivity contribution in [3.8, 4) is 0 Å². The van der Waals surface area contributed by atoms with Crippen LogP contribution in [-0.2, 0) is 15.1 Å². The van der Waals surface area contributed by atoms with E-state index >= 15 is 0 Å². The van der Waals surface area contributed by atoms with Gasteiger partial charge in [-0.05, 0) is 37.0 Å². The SMILES string of the molecule is CCC(C(=O)O)(c1cccc(Br)c1)N(C(C)=O)C1CC1. The molecule has 1 aliphatic carbocycles. The molecular weight excluding hydrogens is 322 g/mol. The third-order valence-electron chi connectivity index (χ3n) is 3.83. The molecule has 0 heterocycles. The summed E-state index contributed by atoms with van der Waals surface area (Å²) in [6.45, 7) is 3.26. The largest absolute Gasteiger partial charge is 0.479 e. The summed E-state index contributed by atoms with van der Waals surface area (Å²) in [7, 11) is 0. The molecular formula is C15H18BrNO3. The first-order chi connectivity index (χ1) is 9.43. The maximum absolute atomic E-state index is 12.0. The minimum Gasteiger partial charge on any atom is -0.479 e. The number of carboxylic acid groups (broad SMARTS) is 1. The number of carbonyl (C=O) groups is 2. The Morgan fingerprint density at radius 3 is 2.50 bits per heavy atom. The number of hydrogen-bond donors (Lipinski definition) is 1. The molecule has 0 aromatic heterocycles. The van der Waals surface area contributed by atoms with Gasteiger partial charge in [0.25, 0.3) is 0 Å². The zero-order valence-corrected chi connectivity index (χ0v) is 13.2. The minimum atomic E-state index is -1.28. The summed E-state index contributed by atoms with van der Waals surface area (Å²) < 4.78 is 0.813. The Bertz CT molecular complexity index is 542. The Morgan fingerprint density at radius 1 is 1.45 bits per heavy atom. The van der Waals surface area contributed by atoms with Gasteiger partial charge in [0.15, 0.2) is 5.54 Å². The normalized spacial score (nSPS) is 17.4. The van der Waals surface area contributed by atoms with Crippen LogP contribution in [0.15, 0.2) is 28.7 Å². The van der Waals surface area contributed by atoms with Crippen LogP contribution in [0, 0.1) is 0 Å². The number of hydrogen-bond acceptors (Lipinski definition) is 2. The summed E-state index contributed by atoms with van der Waals surface area (Å²) in [5.41, 5.74) is -0.638. The third kappa shape index (κ3) is 2.46. The van der Waals surface area contributed by atoms with Gasteiger partial charge < -0.3 is 10.0 Å². The topological polar surface area (TPSA) is 57.6 Å². The van der Waals surface area contributed by atoms with Gasteiger partial charge in [-0.3, -0.25) is 4.79 Å². The molecule has 0 spiro atoms. The second kappa shape index (κ2) is 5.56. The fraction of sp³-hybridized carbons (Fsp3) is 0.467. The summed E-state index contributed by atoms with van der Waals surface area (Å²) in [6, 6.07) is 7.26. The van der Waals surface area contributed by atoms with E-state index in [2.05, 4.69) is 15.9 Å². The van der Waals surface area contributed by atoms with Crippen LogP contribution in [-0.4, -0.2) is 27.9 Å². The predicted octanol–water partition coefficient (Wildman–Crippen LogP) is 3.15. The van der Waals surface area contributed by atoms with E-state index in [9.17, 15) is 14.7 Å². The summed E-state index contributed by atoms with van der Waals surface area (Å²) in [5.74, 6) is -1.16. The smallest absolute Gasteiger partial charge is 0.334 e. The van der Waals surface area contributed by atoms with Crippen molar-refractivity contribution in [2.45, 2.75) is 44.7 Å². The average Bonchev–Trinajstić information content (AvgIpc) is 3.18. The molecule has 1 N–H and O–H groups in total. The number of carboxylic acids is 1. The van der Waals surface area contributed by atoms with Crippen molar-refractivity contribution in [2.75, 3.05) is 0 Å². The maximum atomic E-state index is 12.0. The van der Waals surface area contributed by atoms with Crippen molar-refractivity contribution >= 4 is 27.8 Å². The number of amides is 1. The molecule has 1 aliphatic rings. The highest BCUT2D eigenvalue weighted by atomic mass is 79.9. The molecule has 1 saturated carbocycles. The minimum absolute atomic E-state index is 0.0440. The van der Waals surface area contributed by atoms with Gasteiger partial charge in [0, 0.05) is 17.4 Å². The quantitative estimate of drug-likeness (QED) is 0.896. The monoisotopic (exact) mass is 339 g/mol. The van der Waals surface area contributed by atoms with Crippen molar-refractivity contribution in [3.63, 3.8) is 0 Å². The van der Waals surface area contributed by atoms with Crippen molar-refractivity contribution in [1.29, 1.82) is 0 Å². The number of nitrogens with zero attached hydrogens (tertiary/aromatic N) is 1. The molecule has 108 valence electrons. The predicted molar refractivity (Wildman–Crippen MR) is 79.3 cm³/mol. The van der Waals surface area contributed by atoms with E-state index in [-0.39, 0.29) is 11.9 Å². The van der Waals surface area contributed by atoms with E-state index in [1.54, 1.807) is 23.1 Å². The Kier molecular flexibility index (Phi) is 4.18. The molecule has 1 atom stereocenters. The lowest BCUT2D eigenvalue weighted by molar-refractivity contribution is -0.161. The van der Waals surface area contributed by atoms with E-state index < -0.39 is 11.5 Å². The third-order valence-corrected chi connectivity index (χ3v) is 4.32. The Labute approximate surface area is 126 Å². The molecule has 1 aromatic rings. The summed E-state index contributed by atoms with van der Waals surface area (Å²) in [5, 5.41) is 9.85. The molecule has 1 fully saturated rings. The van der Waals surface area contributed by atoms with Gasteiger partial charge in [-0.1, -0.05) is 35.0 Å². The van der Waals surface area contributed by atoms with Crippen LogP contribution in [0.5, 0.6) is 0 Å². The molecule has 0 saturated heterocycles. The molecule has 0 aliphatic heterocycles. The van der Waals surface area contributed by atoms with Gasteiger partial charge in [0.2, 0.25) is 5.91 Å². The molecule has 1 amide bonds. The molecule has 1 aromatic carbocycles. The van der Waals surface area contributed by atoms with E-state index in [4.69, 9.17) is 0 Å². The summed E-state index contributed by atoms with van der Waals surface area (Å²) in [6.07, 6.45) is 2.10. The molecule has 0 bridgehead atoms. The van der Waals surface area contributed by atoms with Crippen LogP contribution in [0.2, 0.25) is 0 Å². The number of carbonyl (C=O) groups excluding carboxylic acids is 1. The van der Waals surface area contributed by atoms with E-state index in [1.807, 2.05) is 13.0 Å². The molecule has 5 heteroatoms. The zero-order chi connectivity index (χ0) is 14.9. The van der Waals surface area contributed by atoms with Crippen LogP contribution in [0.25, 0.3) is 0 Å². The van der Waals surface area contributed by atoms with Gasteiger partial charge in [0.05, 0.1) is 0 Å². The van der Waals surface area contributed by atoms with Gasteiger partial charge in [-0.2, -0.15) is 0 Å². The van der Waals surface area contributed by atoms with E-state index in [0.29, 0.717) is 12.0 Å². The molecule has 1 unspecified atom stereocenters. The lowest BCUT2D eigenvalue weighted by Gasteiger charge is -2.40. The zero-order valence-electron chi connectivity index (χ0n) is 11.6. The van der Waals surface area contributed by atoms with Gasteiger partial charge in [-0.25, -0.2) is 4.79 Å². The highest BCUT2D eigenvalue weighted by Gasteiger charge is 2.51. The van der Waals surface area contributed by atoms with Crippen LogP contribution < -0.4 is 0 Å². The van der Waals surface area contributed by atoms with Crippen LogP contribution in [0.3, 0.4) is 0 Å². The van der Waals surface area contributed by atoms with Crippen molar-refractivity contribution in [3.05, 3.63) is 34.3 Å². The molecule has 20 heavy (non-hydrogen) atoms. The van der Waals surface area contributed by atoms with Crippen molar-refractivity contribution in [2.24, 2.45) is 0 Å². The first-order valence-corrected chi connectivity index (χ1v) is 7.52. The number of rotatable bonds is 5. The highest BCUT2D eigenvalue weighted by Crippen LogP contribution is 2.41. The van der Waals surface area contributed by atoms with Gasteiger partial charge >= 0.3 is 5.97 Å². The van der Waals surface area contributed by atoms with Gasteiger partial charge in [0.1, 0.15) is 0 Å². The first kappa shape index (κ1) is 15.0.